The van der Waals surface area contributed by atoms with Gasteiger partial charge >= 0.3 is 0 Å². The fourth-order valence-corrected chi connectivity index (χ4v) is 4.05. The maximum absolute atomic E-state index is 12.8. The van der Waals surface area contributed by atoms with Crippen LogP contribution in [0.1, 0.15) is 24.2 Å². The molecule has 32 heavy (non-hydrogen) atoms. The summed E-state index contributed by atoms with van der Waals surface area (Å²) in [6.07, 6.45) is 2.63. The lowest BCUT2D eigenvalue weighted by Gasteiger charge is -2.15. The molecule has 0 bridgehead atoms. The molecule has 0 atom stereocenters. The topological polar surface area (TPSA) is 120 Å². The minimum Gasteiger partial charge on any atom is -0.490 e. The highest BCUT2D eigenvalue weighted by atomic mass is 79.9. The van der Waals surface area contributed by atoms with Crippen molar-refractivity contribution in [3.63, 3.8) is 0 Å². The van der Waals surface area contributed by atoms with Gasteiger partial charge in [0.2, 0.25) is 5.82 Å². The van der Waals surface area contributed by atoms with Gasteiger partial charge in [0.1, 0.15) is 5.75 Å². The van der Waals surface area contributed by atoms with Crippen LogP contribution in [-0.4, -0.2) is 37.5 Å². The number of sulfonamides is 1. The molecule has 0 aliphatic rings. The third-order valence-electron chi connectivity index (χ3n) is 4.06. The van der Waals surface area contributed by atoms with Crippen LogP contribution in [0.4, 0.5) is 11.5 Å². The Labute approximate surface area is 194 Å². The number of ether oxygens (including phenoxy) is 2. The number of methoxy groups -OCH3 is 1. The van der Waals surface area contributed by atoms with Crippen LogP contribution in [0.5, 0.6) is 11.6 Å². The zero-order valence-corrected chi connectivity index (χ0v) is 19.9. The molecule has 0 aliphatic carbocycles. The van der Waals surface area contributed by atoms with Crippen molar-refractivity contribution in [3.8, 4) is 11.6 Å². The molecule has 1 amide bonds. The van der Waals surface area contributed by atoms with Gasteiger partial charge in [-0.2, -0.15) is 0 Å². The molecule has 2 N–H and O–H groups in total. The van der Waals surface area contributed by atoms with Gasteiger partial charge in [-0.15, -0.1) is 0 Å². The van der Waals surface area contributed by atoms with Crippen LogP contribution in [-0.2, 0) is 10.0 Å². The average Bonchev–Trinajstić information content (AvgIpc) is 2.75. The number of rotatable bonds is 8. The summed E-state index contributed by atoms with van der Waals surface area (Å²) in [6, 6.07) is 10.9. The van der Waals surface area contributed by atoms with E-state index in [9.17, 15) is 13.2 Å². The molecular formula is C21H21BrN4O5S. The van der Waals surface area contributed by atoms with E-state index in [-0.39, 0.29) is 28.6 Å². The number of carbonyl (C=O) groups is 1. The van der Waals surface area contributed by atoms with E-state index in [1.165, 1.54) is 43.8 Å². The van der Waals surface area contributed by atoms with Gasteiger partial charge in [0, 0.05) is 22.6 Å². The van der Waals surface area contributed by atoms with E-state index in [4.69, 9.17) is 9.47 Å². The Kier molecular flexibility index (Phi) is 7.31. The molecule has 11 heteroatoms. The van der Waals surface area contributed by atoms with Crippen LogP contribution >= 0.6 is 15.9 Å². The lowest BCUT2D eigenvalue weighted by atomic mass is 10.1. The third kappa shape index (κ3) is 5.74. The first kappa shape index (κ1) is 23.5. The summed E-state index contributed by atoms with van der Waals surface area (Å²) in [7, 11) is -2.58. The fourth-order valence-electron chi connectivity index (χ4n) is 2.68. The van der Waals surface area contributed by atoms with Crippen molar-refractivity contribution in [1.29, 1.82) is 0 Å². The van der Waals surface area contributed by atoms with Gasteiger partial charge < -0.3 is 14.8 Å². The van der Waals surface area contributed by atoms with Crippen LogP contribution in [0, 0.1) is 0 Å². The molecule has 0 fully saturated rings. The monoisotopic (exact) mass is 520 g/mol. The van der Waals surface area contributed by atoms with Gasteiger partial charge in [-0.05, 0) is 56.3 Å². The smallest absolute Gasteiger partial charge is 0.263 e. The molecule has 3 aromatic rings. The summed E-state index contributed by atoms with van der Waals surface area (Å²) in [6.45, 7) is 3.74. The molecule has 0 saturated heterocycles. The molecule has 0 saturated carbocycles. The zero-order chi connectivity index (χ0) is 23.3. The Morgan fingerprint density at radius 1 is 1.06 bits per heavy atom. The number of hydrogen-bond acceptors (Lipinski definition) is 7. The second-order valence-corrected chi connectivity index (χ2v) is 9.40. The van der Waals surface area contributed by atoms with Crippen molar-refractivity contribution in [2.75, 3.05) is 17.1 Å². The number of aromatic nitrogens is 2. The van der Waals surface area contributed by atoms with Gasteiger partial charge in [0.15, 0.2) is 0 Å². The van der Waals surface area contributed by atoms with Gasteiger partial charge in [0.25, 0.3) is 21.8 Å². The van der Waals surface area contributed by atoms with Crippen molar-refractivity contribution < 1.29 is 22.7 Å². The molecule has 0 radical (unpaired) electrons. The molecule has 0 aliphatic heterocycles. The number of amides is 1. The van der Waals surface area contributed by atoms with Crippen molar-refractivity contribution in [3.05, 3.63) is 64.9 Å². The maximum Gasteiger partial charge on any atom is 0.263 e. The fraction of sp³-hybridized carbons (Fsp3) is 0.190. The highest BCUT2D eigenvalue weighted by Gasteiger charge is 2.19. The van der Waals surface area contributed by atoms with Crippen LogP contribution in [0.15, 0.2) is 64.2 Å². The number of benzene rings is 2. The van der Waals surface area contributed by atoms with E-state index in [1.807, 2.05) is 13.8 Å². The zero-order valence-electron chi connectivity index (χ0n) is 17.5. The number of hydrogen-bond donors (Lipinski definition) is 2. The van der Waals surface area contributed by atoms with E-state index in [0.29, 0.717) is 17.0 Å². The molecule has 3 rings (SSSR count). The predicted octanol–water partition coefficient (Wildman–Crippen LogP) is 4.09. The standard InChI is InChI=1S/C21H21BrN4O5S/c1-13(2)31-18-9-4-14(22)12-17(18)20(27)25-15-5-7-16(8-6-15)32(28,29)26-19-21(30-3)24-11-10-23-19/h4-13H,1-3H3,(H,23,26)(H,25,27). The number of nitrogens with one attached hydrogen (secondary N) is 2. The van der Waals surface area contributed by atoms with Gasteiger partial charge in [-0.1, -0.05) is 15.9 Å². The Balaban J connectivity index is 1.78. The summed E-state index contributed by atoms with van der Waals surface area (Å²) in [5.74, 6) is 0.0788. The van der Waals surface area contributed by atoms with Gasteiger partial charge in [-0.3, -0.25) is 9.52 Å². The van der Waals surface area contributed by atoms with Gasteiger partial charge in [0.05, 0.1) is 23.7 Å². The second-order valence-electron chi connectivity index (χ2n) is 6.81. The van der Waals surface area contributed by atoms with Crippen LogP contribution in [0.3, 0.4) is 0 Å². The third-order valence-corrected chi connectivity index (χ3v) is 5.91. The van der Waals surface area contributed by atoms with Gasteiger partial charge in [-0.25, -0.2) is 18.4 Å². The summed E-state index contributed by atoms with van der Waals surface area (Å²) in [5, 5.41) is 2.75. The number of anilines is 2. The van der Waals surface area contributed by atoms with E-state index in [0.717, 1.165) is 4.47 Å². The molecule has 9 nitrogen and oxygen atoms in total. The lowest BCUT2D eigenvalue weighted by Crippen LogP contribution is -2.17. The molecular weight excluding hydrogens is 500 g/mol. The Hall–Kier alpha value is -3.18. The Morgan fingerprint density at radius 3 is 2.41 bits per heavy atom. The Morgan fingerprint density at radius 2 is 1.75 bits per heavy atom. The summed E-state index contributed by atoms with van der Waals surface area (Å²) >= 11 is 3.36. The minimum atomic E-state index is -3.94. The van der Waals surface area contributed by atoms with Crippen molar-refractivity contribution in [2.45, 2.75) is 24.8 Å². The average molecular weight is 521 g/mol. The first-order valence-corrected chi connectivity index (χ1v) is 11.7. The molecule has 1 aromatic heterocycles. The van der Waals surface area contributed by atoms with E-state index >= 15 is 0 Å². The normalized spacial score (nSPS) is 11.2. The molecule has 2 aromatic carbocycles. The van der Waals surface area contributed by atoms with Crippen molar-refractivity contribution in [2.24, 2.45) is 0 Å². The summed E-state index contributed by atoms with van der Waals surface area (Å²) < 4.78 is 39.1. The molecule has 168 valence electrons. The summed E-state index contributed by atoms with van der Waals surface area (Å²) in [5.41, 5.74) is 0.766. The minimum absolute atomic E-state index is 0.0190. The highest BCUT2D eigenvalue weighted by Crippen LogP contribution is 2.26. The highest BCUT2D eigenvalue weighted by molar-refractivity contribution is 9.10. The van der Waals surface area contributed by atoms with Crippen LogP contribution < -0.4 is 19.5 Å². The summed E-state index contributed by atoms with van der Waals surface area (Å²) in [4.78, 5) is 20.6. The van der Waals surface area contributed by atoms with Crippen LogP contribution in [0.25, 0.3) is 0 Å². The first-order valence-electron chi connectivity index (χ1n) is 9.45. The SMILES string of the molecule is COc1nccnc1NS(=O)(=O)c1ccc(NC(=O)c2cc(Br)ccc2OC(C)C)cc1. The predicted molar refractivity (Wildman–Crippen MR) is 124 cm³/mol. The van der Waals surface area contributed by atoms with Crippen molar-refractivity contribution >= 4 is 43.4 Å². The number of carbonyl (C=O) groups excluding carboxylic acids is 1. The Bertz CT molecular complexity index is 1220. The van der Waals surface area contributed by atoms with E-state index in [1.54, 1.807) is 18.2 Å². The molecule has 0 unspecified atom stereocenters. The maximum atomic E-state index is 12.8. The molecule has 1 heterocycles. The number of nitrogens with zero attached hydrogens (tertiary/aromatic N) is 2. The first-order chi connectivity index (χ1) is 15.2. The largest absolute Gasteiger partial charge is 0.490 e. The van der Waals surface area contributed by atoms with Crippen molar-refractivity contribution in [1.82, 2.24) is 9.97 Å². The van der Waals surface area contributed by atoms with Crippen LogP contribution in [0.2, 0.25) is 0 Å². The van der Waals surface area contributed by atoms with E-state index < -0.39 is 10.0 Å². The second kappa shape index (κ2) is 9.96. The molecule has 0 spiro atoms. The quantitative estimate of drug-likeness (QED) is 0.458. The number of halogens is 1. The lowest BCUT2D eigenvalue weighted by molar-refractivity contribution is 0.102. The van der Waals surface area contributed by atoms with E-state index in [2.05, 4.69) is 35.9 Å².